The first-order valence-corrected chi connectivity index (χ1v) is 9.79. The number of hydrogen-bond acceptors (Lipinski definition) is 4. The lowest BCUT2D eigenvalue weighted by Gasteiger charge is -2.23. The van der Waals surface area contributed by atoms with Crippen LogP contribution in [0.3, 0.4) is 0 Å². The van der Waals surface area contributed by atoms with Crippen molar-refractivity contribution >= 4 is 5.91 Å². The van der Waals surface area contributed by atoms with Gasteiger partial charge in [0, 0.05) is 32.6 Å². The predicted octanol–water partition coefficient (Wildman–Crippen LogP) is 3.14. The Bertz CT molecular complexity index is 805. The van der Waals surface area contributed by atoms with Gasteiger partial charge < -0.3 is 14.5 Å². The molecule has 3 rings (SSSR count). The van der Waals surface area contributed by atoms with E-state index in [1.54, 1.807) is 12.1 Å². The molecule has 0 unspecified atom stereocenters. The molecule has 28 heavy (non-hydrogen) atoms. The van der Waals surface area contributed by atoms with Crippen LogP contribution in [0.4, 0.5) is 4.39 Å². The molecule has 2 aromatic rings. The molecule has 0 radical (unpaired) electrons. The number of likely N-dealkylation sites (tertiary alicyclic amines) is 1. The number of carbonyl (C=O) groups is 1. The second-order valence-electron chi connectivity index (χ2n) is 7.58. The van der Waals surface area contributed by atoms with Crippen molar-refractivity contribution in [2.75, 3.05) is 27.2 Å². The van der Waals surface area contributed by atoms with Crippen molar-refractivity contribution in [3.8, 4) is 5.75 Å². The van der Waals surface area contributed by atoms with E-state index in [9.17, 15) is 9.18 Å². The molecule has 0 aliphatic carbocycles. The highest BCUT2D eigenvalue weighted by Gasteiger charge is 2.31. The lowest BCUT2D eigenvalue weighted by molar-refractivity contribution is -0.132. The predicted molar refractivity (Wildman–Crippen MR) is 105 cm³/mol. The normalized spacial score (nSPS) is 16.8. The standard InChI is InChI=1S/C21H29FN4O2/c1-24(2)15-17-14-19(23-25(17)3)20-9-5-11-26(20)21(27)10-6-12-28-18-8-4-7-16(22)13-18/h4,7-8,13-14,20H,5-6,9-12,15H2,1-3H3/t20-/m0/s1. The average Bonchev–Trinajstić information content (AvgIpc) is 3.25. The second-order valence-corrected chi connectivity index (χ2v) is 7.58. The topological polar surface area (TPSA) is 50.6 Å². The number of halogens is 1. The van der Waals surface area contributed by atoms with Crippen LogP contribution in [0, 0.1) is 5.82 Å². The molecule has 0 bridgehead atoms. The largest absolute Gasteiger partial charge is 0.493 e. The number of ether oxygens (including phenoxy) is 1. The zero-order valence-electron chi connectivity index (χ0n) is 16.9. The van der Waals surface area contributed by atoms with Gasteiger partial charge in [0.15, 0.2) is 0 Å². The smallest absolute Gasteiger partial charge is 0.223 e. The van der Waals surface area contributed by atoms with Crippen LogP contribution in [0.15, 0.2) is 30.3 Å². The highest BCUT2D eigenvalue weighted by Crippen LogP contribution is 2.32. The van der Waals surface area contributed by atoms with Crippen LogP contribution in [-0.2, 0) is 18.4 Å². The van der Waals surface area contributed by atoms with Gasteiger partial charge in [0.1, 0.15) is 11.6 Å². The van der Waals surface area contributed by atoms with Gasteiger partial charge in [-0.25, -0.2) is 4.39 Å². The zero-order chi connectivity index (χ0) is 20.1. The Hall–Kier alpha value is -2.41. The van der Waals surface area contributed by atoms with Crippen molar-refractivity contribution in [1.82, 2.24) is 19.6 Å². The summed E-state index contributed by atoms with van der Waals surface area (Å²) in [4.78, 5) is 16.8. The molecule has 1 aromatic carbocycles. The maximum absolute atomic E-state index is 13.2. The Kier molecular flexibility index (Phi) is 6.67. The van der Waals surface area contributed by atoms with Crippen LogP contribution in [0.5, 0.6) is 5.75 Å². The number of amides is 1. The van der Waals surface area contributed by atoms with Crippen LogP contribution in [0.2, 0.25) is 0 Å². The molecule has 6 nitrogen and oxygen atoms in total. The lowest BCUT2D eigenvalue weighted by Crippen LogP contribution is -2.30. The molecule has 152 valence electrons. The summed E-state index contributed by atoms with van der Waals surface area (Å²) >= 11 is 0. The van der Waals surface area contributed by atoms with E-state index >= 15 is 0 Å². The molecule has 0 spiro atoms. The van der Waals surface area contributed by atoms with Gasteiger partial charge in [0.05, 0.1) is 24.0 Å². The fourth-order valence-electron chi connectivity index (χ4n) is 3.65. The maximum Gasteiger partial charge on any atom is 0.223 e. The summed E-state index contributed by atoms with van der Waals surface area (Å²) in [5, 5.41) is 4.66. The van der Waals surface area contributed by atoms with Gasteiger partial charge in [-0.3, -0.25) is 9.48 Å². The Morgan fingerprint density at radius 1 is 1.36 bits per heavy atom. The molecule has 2 heterocycles. The summed E-state index contributed by atoms with van der Waals surface area (Å²) in [7, 11) is 6.02. The molecule has 1 fully saturated rings. The minimum Gasteiger partial charge on any atom is -0.493 e. The quantitative estimate of drug-likeness (QED) is 0.652. The van der Waals surface area contributed by atoms with E-state index < -0.39 is 0 Å². The van der Waals surface area contributed by atoms with Crippen molar-refractivity contribution in [2.45, 2.75) is 38.3 Å². The van der Waals surface area contributed by atoms with Crippen LogP contribution in [-0.4, -0.2) is 52.7 Å². The van der Waals surface area contributed by atoms with Gasteiger partial charge in [-0.2, -0.15) is 5.10 Å². The summed E-state index contributed by atoms with van der Waals surface area (Å²) in [5.74, 6) is 0.302. The van der Waals surface area contributed by atoms with Crippen molar-refractivity contribution in [3.05, 3.63) is 47.5 Å². The molecule has 0 saturated carbocycles. The molecule has 1 aliphatic rings. The van der Waals surface area contributed by atoms with E-state index in [1.807, 2.05) is 30.7 Å². The summed E-state index contributed by atoms with van der Waals surface area (Å²) in [6, 6.07) is 8.23. The van der Waals surface area contributed by atoms with Gasteiger partial charge >= 0.3 is 0 Å². The van der Waals surface area contributed by atoms with Gasteiger partial charge in [-0.1, -0.05) is 6.07 Å². The lowest BCUT2D eigenvalue weighted by atomic mass is 10.1. The number of nitrogens with zero attached hydrogens (tertiary/aromatic N) is 4. The Labute approximate surface area is 165 Å². The summed E-state index contributed by atoms with van der Waals surface area (Å²) in [6.45, 7) is 1.99. The highest BCUT2D eigenvalue weighted by atomic mass is 19.1. The molecular formula is C21H29FN4O2. The monoisotopic (exact) mass is 388 g/mol. The Balaban J connectivity index is 1.53. The Morgan fingerprint density at radius 2 is 2.18 bits per heavy atom. The second kappa shape index (κ2) is 9.19. The molecule has 1 amide bonds. The van der Waals surface area contributed by atoms with Crippen LogP contribution < -0.4 is 4.74 Å². The SMILES string of the molecule is CN(C)Cc1cc([C@@H]2CCCN2C(=O)CCCOc2cccc(F)c2)nn1C. The van der Waals surface area contributed by atoms with E-state index in [4.69, 9.17) is 4.74 Å². The maximum atomic E-state index is 13.2. The molecule has 1 aromatic heterocycles. The fourth-order valence-corrected chi connectivity index (χ4v) is 3.65. The first-order chi connectivity index (χ1) is 13.4. The summed E-state index contributed by atoms with van der Waals surface area (Å²) in [6.07, 6.45) is 2.97. The summed E-state index contributed by atoms with van der Waals surface area (Å²) in [5.41, 5.74) is 2.11. The van der Waals surface area contributed by atoms with Crippen LogP contribution in [0.25, 0.3) is 0 Å². The molecule has 1 saturated heterocycles. The summed E-state index contributed by atoms with van der Waals surface area (Å²) < 4.78 is 20.6. The molecular weight excluding hydrogens is 359 g/mol. The number of hydrogen-bond donors (Lipinski definition) is 0. The minimum atomic E-state index is -0.322. The van der Waals surface area contributed by atoms with Crippen molar-refractivity contribution in [1.29, 1.82) is 0 Å². The third-order valence-electron chi connectivity index (χ3n) is 4.99. The number of benzene rings is 1. The van der Waals surface area contributed by atoms with E-state index in [-0.39, 0.29) is 17.8 Å². The number of aryl methyl sites for hydroxylation is 1. The molecule has 0 N–H and O–H groups in total. The van der Waals surface area contributed by atoms with Gasteiger partial charge in [-0.05, 0) is 51.6 Å². The van der Waals surface area contributed by atoms with Gasteiger partial charge in [-0.15, -0.1) is 0 Å². The van der Waals surface area contributed by atoms with E-state index in [1.165, 1.54) is 12.1 Å². The molecule has 1 aliphatic heterocycles. The minimum absolute atomic E-state index is 0.0544. The third kappa shape index (κ3) is 5.10. The highest BCUT2D eigenvalue weighted by molar-refractivity contribution is 5.77. The number of aromatic nitrogens is 2. The number of carbonyl (C=O) groups excluding carboxylic acids is 1. The third-order valence-corrected chi connectivity index (χ3v) is 4.99. The van der Waals surface area contributed by atoms with Crippen molar-refractivity contribution < 1.29 is 13.9 Å². The Morgan fingerprint density at radius 3 is 2.93 bits per heavy atom. The van der Waals surface area contributed by atoms with Crippen LogP contribution in [0.1, 0.15) is 43.1 Å². The fraction of sp³-hybridized carbons (Fsp3) is 0.524. The van der Waals surface area contributed by atoms with Crippen molar-refractivity contribution in [3.63, 3.8) is 0 Å². The van der Waals surface area contributed by atoms with E-state index in [0.717, 1.165) is 37.3 Å². The van der Waals surface area contributed by atoms with Crippen molar-refractivity contribution in [2.24, 2.45) is 7.05 Å². The van der Waals surface area contributed by atoms with E-state index in [2.05, 4.69) is 16.1 Å². The first kappa shape index (κ1) is 20.3. The van der Waals surface area contributed by atoms with Gasteiger partial charge in [0.25, 0.3) is 0 Å². The average molecular weight is 388 g/mol. The first-order valence-electron chi connectivity index (χ1n) is 9.79. The van der Waals surface area contributed by atoms with E-state index in [0.29, 0.717) is 25.2 Å². The zero-order valence-corrected chi connectivity index (χ0v) is 16.9. The van der Waals surface area contributed by atoms with Crippen LogP contribution >= 0.6 is 0 Å². The molecule has 7 heteroatoms. The number of rotatable bonds is 8. The van der Waals surface area contributed by atoms with Gasteiger partial charge in [0.2, 0.25) is 5.91 Å². The molecule has 1 atom stereocenters.